The molecule has 0 aliphatic carbocycles. The highest BCUT2D eigenvalue weighted by molar-refractivity contribution is 5.77. The maximum Gasteiger partial charge on any atom is 0.225 e. The quantitative estimate of drug-likeness (QED) is 0.417. The number of aromatic nitrogens is 2. The van der Waals surface area contributed by atoms with Crippen molar-refractivity contribution in [2.75, 3.05) is 50.7 Å². The molecule has 0 radical (unpaired) electrons. The summed E-state index contributed by atoms with van der Waals surface area (Å²) in [6, 6.07) is 1.85. The summed E-state index contributed by atoms with van der Waals surface area (Å²) in [5.41, 5.74) is 5.82. The Morgan fingerprint density at radius 2 is 1.96 bits per heavy atom. The molecule has 0 unspecified atom stereocenters. The summed E-state index contributed by atoms with van der Waals surface area (Å²) >= 11 is 0. The zero-order valence-electron chi connectivity index (χ0n) is 14.1. The molecule has 2 rings (SSSR count). The van der Waals surface area contributed by atoms with Crippen LogP contribution in [0.25, 0.3) is 0 Å². The molecule has 1 aromatic rings. The minimum atomic E-state index is 0.574. The van der Waals surface area contributed by atoms with Gasteiger partial charge in [-0.1, -0.05) is 13.3 Å². The van der Waals surface area contributed by atoms with Crippen molar-refractivity contribution in [3.05, 3.63) is 18.5 Å². The van der Waals surface area contributed by atoms with Gasteiger partial charge < -0.3 is 16.0 Å². The van der Waals surface area contributed by atoms with E-state index in [1.165, 1.54) is 6.42 Å². The lowest BCUT2D eigenvalue weighted by atomic mass is 10.3. The summed E-state index contributed by atoms with van der Waals surface area (Å²) in [6.45, 7) is 8.98. The predicted octanol–water partition coefficient (Wildman–Crippen LogP) is 0.693. The predicted molar refractivity (Wildman–Crippen MR) is 94.7 cm³/mol. The van der Waals surface area contributed by atoms with Crippen molar-refractivity contribution in [1.29, 1.82) is 0 Å². The number of piperazine rings is 1. The molecule has 0 atom stereocenters. The molecule has 0 amide bonds. The molecule has 128 valence electrons. The van der Waals surface area contributed by atoms with Crippen molar-refractivity contribution in [1.82, 2.24) is 20.2 Å². The van der Waals surface area contributed by atoms with Gasteiger partial charge in [-0.05, 0) is 18.9 Å². The first-order valence-corrected chi connectivity index (χ1v) is 8.57. The standard InChI is InChI=1S/C16H29N7/c1-2-3-6-18-15(17)19-9-5-10-22-11-13-23(14-12-22)16-20-7-4-8-21-16/h4,7-8H,2-3,5-6,9-14H2,1H3,(H3,17,18,19). The van der Waals surface area contributed by atoms with Crippen molar-refractivity contribution >= 4 is 11.9 Å². The summed E-state index contributed by atoms with van der Waals surface area (Å²) in [5, 5.41) is 3.14. The van der Waals surface area contributed by atoms with Crippen LogP contribution in [0.1, 0.15) is 26.2 Å². The van der Waals surface area contributed by atoms with E-state index in [1.54, 1.807) is 12.4 Å². The van der Waals surface area contributed by atoms with Gasteiger partial charge in [-0.3, -0.25) is 9.89 Å². The van der Waals surface area contributed by atoms with Gasteiger partial charge in [-0.15, -0.1) is 0 Å². The van der Waals surface area contributed by atoms with Gasteiger partial charge in [-0.2, -0.15) is 0 Å². The van der Waals surface area contributed by atoms with Crippen LogP contribution in [0.2, 0.25) is 0 Å². The summed E-state index contributed by atoms with van der Waals surface area (Å²) in [4.78, 5) is 17.7. The Bertz CT molecular complexity index is 455. The fourth-order valence-corrected chi connectivity index (χ4v) is 2.57. The van der Waals surface area contributed by atoms with Crippen LogP contribution in [-0.4, -0.2) is 66.6 Å². The second-order valence-corrected chi connectivity index (χ2v) is 5.78. The second kappa shape index (κ2) is 9.99. The number of unbranched alkanes of at least 4 members (excludes halogenated alkanes) is 1. The van der Waals surface area contributed by atoms with E-state index in [9.17, 15) is 0 Å². The number of aliphatic imine (C=N–C) groups is 1. The first kappa shape index (κ1) is 17.5. The Labute approximate surface area is 139 Å². The molecular weight excluding hydrogens is 290 g/mol. The van der Waals surface area contributed by atoms with Crippen molar-refractivity contribution in [2.45, 2.75) is 26.2 Å². The topological polar surface area (TPSA) is 82.7 Å². The normalized spacial score (nSPS) is 16.6. The lowest BCUT2D eigenvalue weighted by Gasteiger charge is -2.34. The van der Waals surface area contributed by atoms with E-state index in [1.807, 2.05) is 6.07 Å². The first-order valence-electron chi connectivity index (χ1n) is 8.57. The van der Waals surface area contributed by atoms with E-state index in [4.69, 9.17) is 5.73 Å². The highest BCUT2D eigenvalue weighted by atomic mass is 15.3. The molecule has 1 fully saturated rings. The van der Waals surface area contributed by atoms with E-state index in [2.05, 4.69) is 37.0 Å². The average molecular weight is 319 g/mol. The van der Waals surface area contributed by atoms with Crippen molar-refractivity contribution < 1.29 is 0 Å². The third-order valence-electron chi connectivity index (χ3n) is 3.96. The van der Waals surface area contributed by atoms with Gasteiger partial charge in [0.25, 0.3) is 0 Å². The van der Waals surface area contributed by atoms with E-state index >= 15 is 0 Å². The summed E-state index contributed by atoms with van der Waals surface area (Å²) < 4.78 is 0. The number of rotatable bonds is 8. The Kier molecular flexibility index (Phi) is 7.59. The summed E-state index contributed by atoms with van der Waals surface area (Å²) in [6.07, 6.45) is 6.93. The molecule has 2 heterocycles. The third kappa shape index (κ3) is 6.40. The minimum absolute atomic E-state index is 0.574. The smallest absolute Gasteiger partial charge is 0.225 e. The van der Waals surface area contributed by atoms with E-state index in [-0.39, 0.29) is 0 Å². The largest absolute Gasteiger partial charge is 0.370 e. The van der Waals surface area contributed by atoms with Crippen molar-refractivity contribution in [2.24, 2.45) is 10.7 Å². The number of nitrogens with two attached hydrogens (primary N) is 1. The lowest BCUT2D eigenvalue weighted by Crippen LogP contribution is -2.47. The van der Waals surface area contributed by atoms with Crippen molar-refractivity contribution in [3.8, 4) is 0 Å². The molecule has 1 aliphatic heterocycles. The van der Waals surface area contributed by atoms with Crippen LogP contribution in [0, 0.1) is 0 Å². The third-order valence-corrected chi connectivity index (χ3v) is 3.96. The highest BCUT2D eigenvalue weighted by Gasteiger charge is 2.17. The highest BCUT2D eigenvalue weighted by Crippen LogP contribution is 2.09. The lowest BCUT2D eigenvalue weighted by molar-refractivity contribution is 0.255. The molecule has 1 aromatic heterocycles. The van der Waals surface area contributed by atoms with Gasteiger partial charge in [0.15, 0.2) is 5.96 Å². The summed E-state index contributed by atoms with van der Waals surface area (Å²) in [7, 11) is 0. The number of hydrogen-bond donors (Lipinski definition) is 2. The second-order valence-electron chi connectivity index (χ2n) is 5.78. The van der Waals surface area contributed by atoms with Crippen LogP contribution in [0.5, 0.6) is 0 Å². The SMILES string of the molecule is CCCCNC(N)=NCCCN1CCN(c2ncccn2)CC1. The molecule has 3 N–H and O–H groups in total. The van der Waals surface area contributed by atoms with Crippen LogP contribution in [-0.2, 0) is 0 Å². The molecule has 0 bridgehead atoms. The fourth-order valence-electron chi connectivity index (χ4n) is 2.57. The molecule has 7 nitrogen and oxygen atoms in total. The van der Waals surface area contributed by atoms with Gasteiger partial charge in [0.05, 0.1) is 0 Å². The Balaban J connectivity index is 1.59. The maximum absolute atomic E-state index is 5.82. The molecule has 0 aromatic carbocycles. The van der Waals surface area contributed by atoms with Gasteiger partial charge >= 0.3 is 0 Å². The maximum atomic E-state index is 5.82. The number of anilines is 1. The Hall–Kier alpha value is -1.89. The number of nitrogens with zero attached hydrogens (tertiary/aromatic N) is 5. The van der Waals surface area contributed by atoms with Crippen molar-refractivity contribution in [3.63, 3.8) is 0 Å². The number of guanidine groups is 1. The first-order chi connectivity index (χ1) is 11.3. The molecule has 7 heteroatoms. The summed E-state index contributed by atoms with van der Waals surface area (Å²) in [5.74, 6) is 1.41. The van der Waals surface area contributed by atoms with Gasteiger partial charge in [0.1, 0.15) is 0 Å². The molecule has 1 aliphatic rings. The zero-order valence-corrected chi connectivity index (χ0v) is 14.1. The molecule has 0 saturated carbocycles. The van der Waals surface area contributed by atoms with Gasteiger partial charge in [-0.25, -0.2) is 9.97 Å². The zero-order chi connectivity index (χ0) is 16.3. The minimum Gasteiger partial charge on any atom is -0.370 e. The molecule has 1 saturated heterocycles. The monoisotopic (exact) mass is 319 g/mol. The molecule has 0 spiro atoms. The van der Waals surface area contributed by atoms with E-state index in [0.29, 0.717) is 5.96 Å². The van der Waals surface area contributed by atoms with Crippen LogP contribution < -0.4 is 16.0 Å². The van der Waals surface area contributed by atoms with Crippen LogP contribution in [0.4, 0.5) is 5.95 Å². The van der Waals surface area contributed by atoms with Gasteiger partial charge in [0, 0.05) is 58.2 Å². The Morgan fingerprint density at radius 1 is 1.22 bits per heavy atom. The van der Waals surface area contributed by atoms with E-state index < -0.39 is 0 Å². The molecular formula is C16H29N7. The van der Waals surface area contributed by atoms with Crippen LogP contribution >= 0.6 is 0 Å². The fraction of sp³-hybridized carbons (Fsp3) is 0.688. The van der Waals surface area contributed by atoms with Gasteiger partial charge in [0.2, 0.25) is 5.95 Å². The Morgan fingerprint density at radius 3 is 2.65 bits per heavy atom. The van der Waals surface area contributed by atoms with Crippen LogP contribution in [0.3, 0.4) is 0 Å². The van der Waals surface area contributed by atoms with E-state index in [0.717, 1.165) is 64.6 Å². The number of nitrogens with one attached hydrogen (secondary N) is 1. The van der Waals surface area contributed by atoms with Crippen LogP contribution in [0.15, 0.2) is 23.5 Å². The number of hydrogen-bond acceptors (Lipinski definition) is 5. The average Bonchev–Trinajstić information content (AvgIpc) is 2.60. The molecule has 23 heavy (non-hydrogen) atoms.